The number of nitrogens with zero attached hydrogens (tertiary/aromatic N) is 1. The second-order valence-electron chi connectivity index (χ2n) is 6.18. The van der Waals surface area contributed by atoms with E-state index in [-0.39, 0.29) is 28.7 Å². The van der Waals surface area contributed by atoms with Gasteiger partial charge in [-0.05, 0) is 20.4 Å². The predicted octanol–water partition coefficient (Wildman–Crippen LogP) is 1.31. The van der Waals surface area contributed by atoms with E-state index in [9.17, 15) is 15.0 Å². The van der Waals surface area contributed by atoms with E-state index in [2.05, 4.69) is 0 Å². The zero-order valence-electron chi connectivity index (χ0n) is 12.4. The SMILES string of the molecule is Cc1cc(=O)c2c(O)cc3c(c2o1)[C@H]1C[C@@H](O)CN(C)[C@H]1O3. The Hall–Kier alpha value is -2.05. The molecule has 0 bridgehead atoms. The van der Waals surface area contributed by atoms with Gasteiger partial charge in [0.1, 0.15) is 28.2 Å². The number of likely N-dealkylation sites (N-methyl/N-ethyl adjacent to an activating group) is 1. The topological polar surface area (TPSA) is 83.1 Å². The van der Waals surface area contributed by atoms with Gasteiger partial charge < -0.3 is 19.4 Å². The number of aromatic hydroxyl groups is 1. The summed E-state index contributed by atoms with van der Waals surface area (Å²) in [4.78, 5) is 14.1. The first-order chi connectivity index (χ1) is 10.5. The molecule has 4 rings (SSSR count). The van der Waals surface area contributed by atoms with E-state index in [4.69, 9.17) is 9.15 Å². The lowest BCUT2D eigenvalue weighted by molar-refractivity contribution is -0.0351. The van der Waals surface area contributed by atoms with E-state index in [1.807, 2.05) is 11.9 Å². The lowest BCUT2D eigenvalue weighted by Crippen LogP contribution is -2.47. The van der Waals surface area contributed by atoms with Crippen LogP contribution in [0.1, 0.15) is 23.7 Å². The van der Waals surface area contributed by atoms with Crippen LogP contribution in [0.4, 0.5) is 0 Å². The molecule has 2 N–H and O–H groups in total. The Morgan fingerprint density at radius 2 is 2.14 bits per heavy atom. The normalized spacial score (nSPS) is 27.5. The lowest BCUT2D eigenvalue weighted by Gasteiger charge is -2.36. The molecular weight excluding hydrogens is 286 g/mol. The molecule has 1 aromatic heterocycles. The highest BCUT2D eigenvalue weighted by Gasteiger charge is 2.44. The summed E-state index contributed by atoms with van der Waals surface area (Å²) in [6, 6.07) is 2.84. The number of ether oxygens (including phenoxy) is 1. The highest BCUT2D eigenvalue weighted by Crippen LogP contribution is 2.49. The van der Waals surface area contributed by atoms with Crippen molar-refractivity contribution in [2.75, 3.05) is 13.6 Å². The van der Waals surface area contributed by atoms with Gasteiger partial charge in [-0.2, -0.15) is 0 Å². The summed E-state index contributed by atoms with van der Waals surface area (Å²) in [7, 11) is 1.88. The number of hydrogen-bond donors (Lipinski definition) is 2. The van der Waals surface area contributed by atoms with Crippen molar-refractivity contribution in [2.45, 2.75) is 31.6 Å². The smallest absolute Gasteiger partial charge is 0.196 e. The molecule has 6 heteroatoms. The Morgan fingerprint density at radius 1 is 1.36 bits per heavy atom. The molecular formula is C16H17NO5. The van der Waals surface area contributed by atoms with Gasteiger partial charge in [0.2, 0.25) is 0 Å². The molecule has 0 amide bonds. The van der Waals surface area contributed by atoms with Crippen molar-refractivity contribution in [1.29, 1.82) is 0 Å². The second kappa shape index (κ2) is 4.47. The molecule has 1 fully saturated rings. The van der Waals surface area contributed by atoms with Gasteiger partial charge in [-0.1, -0.05) is 0 Å². The standard InChI is InChI=1S/C16H17NO5/c1-7-3-10(19)14-11(20)5-12-13(15(14)21-7)9-4-8(18)6-17(2)16(9)22-12/h3,5,8-9,16,18,20H,4,6H2,1-2H3/t8-,9-,16+/m1/s1. The van der Waals surface area contributed by atoms with E-state index < -0.39 is 6.10 Å². The van der Waals surface area contributed by atoms with Crippen molar-refractivity contribution in [2.24, 2.45) is 0 Å². The molecule has 1 saturated heterocycles. The van der Waals surface area contributed by atoms with Crippen LogP contribution in [0.2, 0.25) is 0 Å². The molecule has 2 aromatic rings. The molecule has 0 aliphatic carbocycles. The average Bonchev–Trinajstić information content (AvgIpc) is 2.76. The quantitative estimate of drug-likeness (QED) is 0.763. The van der Waals surface area contributed by atoms with Gasteiger partial charge in [0.25, 0.3) is 0 Å². The largest absolute Gasteiger partial charge is 0.507 e. The zero-order valence-corrected chi connectivity index (χ0v) is 12.4. The molecule has 0 unspecified atom stereocenters. The van der Waals surface area contributed by atoms with Crippen LogP contribution in [0.3, 0.4) is 0 Å². The summed E-state index contributed by atoms with van der Waals surface area (Å²) in [5, 5.41) is 20.4. The molecule has 0 spiro atoms. The van der Waals surface area contributed by atoms with Crippen LogP contribution in [0.5, 0.6) is 11.5 Å². The summed E-state index contributed by atoms with van der Waals surface area (Å²) >= 11 is 0. The highest BCUT2D eigenvalue weighted by atomic mass is 16.5. The van der Waals surface area contributed by atoms with Crippen molar-refractivity contribution >= 4 is 11.0 Å². The number of β-amino-alcohol motifs (C(OH)–C–C–N with tert-alkyl or cyclic N) is 1. The maximum atomic E-state index is 12.2. The van der Waals surface area contributed by atoms with Crippen molar-refractivity contribution in [3.05, 3.63) is 33.7 Å². The van der Waals surface area contributed by atoms with Crippen LogP contribution < -0.4 is 10.2 Å². The fourth-order valence-electron chi connectivity index (χ4n) is 3.67. The van der Waals surface area contributed by atoms with Crippen LogP contribution in [0.25, 0.3) is 11.0 Å². The number of piperidine rings is 1. The Kier molecular flexibility index (Phi) is 2.76. The van der Waals surface area contributed by atoms with Crippen LogP contribution >= 0.6 is 0 Å². The minimum atomic E-state index is -0.457. The number of rotatable bonds is 0. The third-order valence-electron chi connectivity index (χ3n) is 4.53. The van der Waals surface area contributed by atoms with Gasteiger partial charge in [-0.25, -0.2) is 0 Å². The van der Waals surface area contributed by atoms with Crippen molar-refractivity contribution in [1.82, 2.24) is 4.90 Å². The number of aryl methyl sites for hydroxylation is 1. The van der Waals surface area contributed by atoms with E-state index >= 15 is 0 Å². The molecule has 2 aliphatic rings. The average molecular weight is 303 g/mol. The lowest BCUT2D eigenvalue weighted by atomic mass is 9.88. The Balaban J connectivity index is 2.02. The fourth-order valence-corrected chi connectivity index (χ4v) is 3.67. The first-order valence-electron chi connectivity index (χ1n) is 7.31. The van der Waals surface area contributed by atoms with Crippen LogP contribution in [-0.2, 0) is 0 Å². The van der Waals surface area contributed by atoms with E-state index in [1.165, 1.54) is 12.1 Å². The minimum absolute atomic E-state index is 0.0863. The monoisotopic (exact) mass is 303 g/mol. The van der Waals surface area contributed by atoms with Crippen molar-refractivity contribution in [3.63, 3.8) is 0 Å². The molecule has 116 valence electrons. The Morgan fingerprint density at radius 3 is 2.91 bits per heavy atom. The van der Waals surface area contributed by atoms with Crippen LogP contribution in [-0.4, -0.2) is 41.0 Å². The highest BCUT2D eigenvalue weighted by molar-refractivity contribution is 5.89. The number of aliphatic hydroxyl groups is 1. The van der Waals surface area contributed by atoms with Crippen molar-refractivity contribution in [3.8, 4) is 11.5 Å². The van der Waals surface area contributed by atoms with Gasteiger partial charge in [0.05, 0.1) is 6.10 Å². The molecule has 0 radical (unpaired) electrons. The molecule has 6 nitrogen and oxygen atoms in total. The maximum Gasteiger partial charge on any atom is 0.196 e. The summed E-state index contributed by atoms with van der Waals surface area (Å²) in [5.74, 6) is 0.786. The fraction of sp³-hybridized carbons (Fsp3) is 0.438. The van der Waals surface area contributed by atoms with Crippen molar-refractivity contribution < 1.29 is 19.4 Å². The number of aliphatic hydroxyl groups excluding tert-OH is 1. The molecule has 3 atom stereocenters. The van der Waals surface area contributed by atoms with E-state index in [0.29, 0.717) is 30.1 Å². The third-order valence-corrected chi connectivity index (χ3v) is 4.53. The zero-order chi connectivity index (χ0) is 15.6. The predicted molar refractivity (Wildman–Crippen MR) is 79.3 cm³/mol. The maximum absolute atomic E-state index is 12.2. The molecule has 1 aromatic carbocycles. The summed E-state index contributed by atoms with van der Waals surface area (Å²) in [6.07, 6.45) is -0.130. The van der Waals surface area contributed by atoms with Gasteiger partial charge in [0.15, 0.2) is 11.7 Å². The third kappa shape index (κ3) is 1.77. The number of hydrogen-bond acceptors (Lipinski definition) is 6. The number of likely N-dealkylation sites (tertiary alicyclic amines) is 1. The van der Waals surface area contributed by atoms with Gasteiger partial charge in [-0.3, -0.25) is 9.69 Å². The number of phenols is 1. The Labute approximate surface area is 126 Å². The van der Waals surface area contributed by atoms with E-state index in [1.54, 1.807) is 6.92 Å². The summed E-state index contributed by atoms with van der Waals surface area (Å²) < 4.78 is 11.7. The van der Waals surface area contributed by atoms with Gasteiger partial charge in [-0.15, -0.1) is 0 Å². The van der Waals surface area contributed by atoms with E-state index in [0.717, 1.165) is 5.56 Å². The van der Waals surface area contributed by atoms with Crippen LogP contribution in [0.15, 0.2) is 21.3 Å². The first kappa shape index (κ1) is 13.6. The number of benzene rings is 1. The number of fused-ring (bicyclic) bond motifs is 5. The first-order valence-corrected chi connectivity index (χ1v) is 7.31. The molecule has 22 heavy (non-hydrogen) atoms. The molecule has 2 aliphatic heterocycles. The summed E-state index contributed by atoms with van der Waals surface area (Å²) in [5.41, 5.74) is 0.867. The summed E-state index contributed by atoms with van der Waals surface area (Å²) in [6.45, 7) is 2.23. The molecule has 3 heterocycles. The van der Waals surface area contributed by atoms with Gasteiger partial charge >= 0.3 is 0 Å². The minimum Gasteiger partial charge on any atom is -0.507 e. The second-order valence-corrected chi connectivity index (χ2v) is 6.18. The number of phenolic OH excluding ortho intramolecular Hbond substituents is 1. The molecule has 0 saturated carbocycles. The van der Waals surface area contributed by atoms with Crippen LogP contribution in [0, 0.1) is 6.92 Å². The Bertz CT molecular complexity index is 827. The van der Waals surface area contributed by atoms with Gasteiger partial charge in [0, 0.05) is 30.2 Å².